The number of rotatable bonds is 4. The van der Waals surface area contributed by atoms with E-state index in [1.54, 1.807) is 6.07 Å². The first-order valence-corrected chi connectivity index (χ1v) is 8.50. The van der Waals surface area contributed by atoms with Gasteiger partial charge >= 0.3 is 6.18 Å². The van der Waals surface area contributed by atoms with E-state index in [2.05, 4.69) is 20.6 Å². The summed E-state index contributed by atoms with van der Waals surface area (Å²) in [6.07, 6.45) is -4.14. The van der Waals surface area contributed by atoms with Crippen LogP contribution in [0, 0.1) is 5.82 Å². The molecule has 0 amide bonds. The molecule has 0 spiro atoms. The van der Waals surface area contributed by atoms with Gasteiger partial charge < -0.3 is 4.42 Å². The van der Waals surface area contributed by atoms with Crippen LogP contribution < -0.4 is 0 Å². The second kappa shape index (κ2) is 6.90. The Kier molecular flexibility index (Phi) is 4.54. The highest BCUT2D eigenvalue weighted by atomic mass is 35.5. The molecule has 0 aliphatic rings. The molecule has 2 aromatic carbocycles. The fourth-order valence-corrected chi connectivity index (χ4v) is 3.12. The van der Waals surface area contributed by atoms with Crippen molar-refractivity contribution in [3.05, 3.63) is 63.9 Å². The van der Waals surface area contributed by atoms with Crippen molar-refractivity contribution in [1.29, 1.82) is 0 Å². The molecule has 0 unspecified atom stereocenters. The number of H-pyrrole nitrogens is 1. The zero-order chi connectivity index (χ0) is 19.9. The zero-order valence-corrected chi connectivity index (χ0v) is 14.8. The normalized spacial score (nSPS) is 12.0. The number of aromatic amines is 1. The maximum Gasteiger partial charge on any atom is 0.417 e. The van der Waals surface area contributed by atoms with Crippen LogP contribution in [0.2, 0.25) is 5.02 Å². The summed E-state index contributed by atoms with van der Waals surface area (Å²) in [6, 6.07) is 8.09. The average Bonchev–Trinajstić information content (AvgIpc) is 3.29. The highest BCUT2D eigenvalue weighted by molar-refractivity contribution is 6.31. The fraction of sp³-hybridized carbons (Fsp3) is 0.167. The summed E-state index contributed by atoms with van der Waals surface area (Å²) in [4.78, 5) is 0. The molecule has 0 aliphatic carbocycles. The number of aryl methyl sites for hydroxylation is 2. The number of hydrogen-bond donors (Lipinski definition) is 1. The van der Waals surface area contributed by atoms with E-state index in [1.165, 1.54) is 24.3 Å². The number of halogens is 5. The number of tetrazole rings is 1. The van der Waals surface area contributed by atoms with Gasteiger partial charge in [0.25, 0.3) is 0 Å². The van der Waals surface area contributed by atoms with Gasteiger partial charge in [-0.3, -0.25) is 0 Å². The predicted octanol–water partition coefficient (Wildman–Crippen LogP) is 5.21. The minimum atomic E-state index is -4.54. The molecular formula is C18H11ClF4N4O. The van der Waals surface area contributed by atoms with Crippen molar-refractivity contribution in [2.45, 2.75) is 19.0 Å². The molecule has 10 heteroatoms. The molecule has 2 aromatic heterocycles. The lowest BCUT2D eigenvalue weighted by Gasteiger charge is -2.11. The van der Waals surface area contributed by atoms with Crippen molar-refractivity contribution in [2.75, 3.05) is 0 Å². The summed E-state index contributed by atoms with van der Waals surface area (Å²) in [6.45, 7) is 0. The third-order valence-corrected chi connectivity index (χ3v) is 4.60. The molecule has 28 heavy (non-hydrogen) atoms. The molecule has 0 radical (unpaired) electrons. The smallest absolute Gasteiger partial charge is 0.417 e. The van der Waals surface area contributed by atoms with Crippen LogP contribution in [0.1, 0.15) is 16.7 Å². The van der Waals surface area contributed by atoms with Gasteiger partial charge in [0.15, 0.2) is 5.76 Å². The van der Waals surface area contributed by atoms with Gasteiger partial charge in [0.05, 0.1) is 10.6 Å². The van der Waals surface area contributed by atoms with Gasteiger partial charge in [-0.1, -0.05) is 17.7 Å². The number of alkyl halides is 3. The van der Waals surface area contributed by atoms with Crippen LogP contribution in [-0.4, -0.2) is 20.6 Å². The van der Waals surface area contributed by atoms with E-state index in [-0.39, 0.29) is 23.7 Å². The second-order valence-corrected chi connectivity index (χ2v) is 6.55. The van der Waals surface area contributed by atoms with Crippen molar-refractivity contribution in [1.82, 2.24) is 20.6 Å². The Labute approximate surface area is 160 Å². The summed E-state index contributed by atoms with van der Waals surface area (Å²) in [5.74, 6) is 0.0878. The Morgan fingerprint density at radius 3 is 2.61 bits per heavy atom. The van der Waals surface area contributed by atoms with E-state index in [9.17, 15) is 17.6 Å². The molecule has 1 N–H and O–H groups in total. The van der Waals surface area contributed by atoms with E-state index in [0.717, 1.165) is 6.07 Å². The molecule has 0 fully saturated rings. The Morgan fingerprint density at radius 2 is 1.89 bits per heavy atom. The SMILES string of the molecule is Fc1cc2cc(-c3nn[nH]n3)oc2cc1CCc1ccc(Cl)c(C(F)(F)F)c1. The number of hydrogen-bond acceptors (Lipinski definition) is 4. The summed E-state index contributed by atoms with van der Waals surface area (Å²) in [7, 11) is 0. The Hall–Kier alpha value is -2.94. The average molecular weight is 411 g/mol. The highest BCUT2D eigenvalue weighted by Gasteiger charge is 2.33. The van der Waals surface area contributed by atoms with E-state index in [0.29, 0.717) is 27.9 Å². The lowest BCUT2D eigenvalue weighted by molar-refractivity contribution is -0.137. The van der Waals surface area contributed by atoms with Gasteiger partial charge in [-0.25, -0.2) is 4.39 Å². The molecule has 0 saturated carbocycles. The van der Waals surface area contributed by atoms with Gasteiger partial charge in [-0.2, -0.15) is 18.4 Å². The van der Waals surface area contributed by atoms with Crippen molar-refractivity contribution in [3.63, 3.8) is 0 Å². The first kappa shape index (κ1) is 18.4. The third-order valence-electron chi connectivity index (χ3n) is 4.27. The van der Waals surface area contributed by atoms with Crippen molar-refractivity contribution >= 4 is 22.6 Å². The maximum atomic E-state index is 14.4. The molecule has 0 atom stereocenters. The molecule has 144 valence electrons. The van der Waals surface area contributed by atoms with Gasteiger partial charge in [-0.05, 0) is 59.5 Å². The summed E-state index contributed by atoms with van der Waals surface area (Å²) in [5.41, 5.74) is 0.245. The Bertz CT molecular complexity index is 1140. The predicted molar refractivity (Wildman–Crippen MR) is 93.2 cm³/mol. The number of furan rings is 1. The summed E-state index contributed by atoms with van der Waals surface area (Å²) < 4.78 is 59.0. The van der Waals surface area contributed by atoms with Crippen LogP contribution in [0.15, 0.2) is 40.8 Å². The van der Waals surface area contributed by atoms with Crippen LogP contribution in [0.3, 0.4) is 0 Å². The van der Waals surface area contributed by atoms with Crippen LogP contribution >= 0.6 is 11.6 Å². The van der Waals surface area contributed by atoms with Gasteiger partial charge in [0.2, 0.25) is 5.82 Å². The number of nitrogens with one attached hydrogen (secondary N) is 1. The number of nitrogens with zero attached hydrogens (tertiary/aromatic N) is 3. The van der Waals surface area contributed by atoms with Crippen LogP contribution in [-0.2, 0) is 19.0 Å². The van der Waals surface area contributed by atoms with Crippen molar-refractivity contribution in [3.8, 4) is 11.6 Å². The second-order valence-electron chi connectivity index (χ2n) is 6.14. The Balaban J connectivity index is 1.59. The third kappa shape index (κ3) is 3.57. The maximum absolute atomic E-state index is 14.4. The molecular weight excluding hydrogens is 400 g/mol. The van der Waals surface area contributed by atoms with Crippen LogP contribution in [0.4, 0.5) is 17.6 Å². The number of benzene rings is 2. The van der Waals surface area contributed by atoms with Gasteiger partial charge in [-0.15, -0.1) is 10.2 Å². The lowest BCUT2D eigenvalue weighted by Crippen LogP contribution is -2.07. The lowest BCUT2D eigenvalue weighted by atomic mass is 10.0. The quantitative estimate of drug-likeness (QED) is 0.469. The topological polar surface area (TPSA) is 67.6 Å². The standard InChI is InChI=1S/C18H11ClF4N4O/c19-13-4-2-9(5-12(13)18(21,22)23)1-3-10-7-15-11(6-14(10)20)8-16(28-15)17-24-26-27-25-17/h2,4-8H,1,3H2,(H,24,25,26,27). The minimum Gasteiger partial charge on any atom is -0.453 e. The van der Waals surface area contributed by atoms with E-state index in [4.69, 9.17) is 16.0 Å². The van der Waals surface area contributed by atoms with Crippen molar-refractivity contribution in [2.24, 2.45) is 0 Å². The van der Waals surface area contributed by atoms with Crippen LogP contribution in [0.5, 0.6) is 0 Å². The van der Waals surface area contributed by atoms with Gasteiger partial charge in [0, 0.05) is 5.39 Å². The minimum absolute atomic E-state index is 0.193. The number of fused-ring (bicyclic) bond motifs is 1. The fourth-order valence-electron chi connectivity index (χ4n) is 2.89. The zero-order valence-electron chi connectivity index (χ0n) is 14.0. The monoisotopic (exact) mass is 410 g/mol. The first-order chi connectivity index (χ1) is 13.3. The molecule has 0 saturated heterocycles. The summed E-state index contributed by atoms with van der Waals surface area (Å²) in [5, 5.41) is 13.5. The molecule has 5 nitrogen and oxygen atoms in total. The van der Waals surface area contributed by atoms with E-state index in [1.807, 2.05) is 0 Å². The molecule has 0 aliphatic heterocycles. The molecule has 2 heterocycles. The first-order valence-electron chi connectivity index (χ1n) is 8.12. The van der Waals surface area contributed by atoms with E-state index >= 15 is 0 Å². The molecule has 4 aromatic rings. The number of aromatic nitrogens is 4. The van der Waals surface area contributed by atoms with Gasteiger partial charge in [0.1, 0.15) is 11.4 Å². The van der Waals surface area contributed by atoms with Crippen LogP contribution in [0.25, 0.3) is 22.6 Å². The molecule has 0 bridgehead atoms. The Morgan fingerprint density at radius 1 is 1.07 bits per heavy atom. The highest BCUT2D eigenvalue weighted by Crippen LogP contribution is 2.35. The van der Waals surface area contributed by atoms with Crippen molar-refractivity contribution < 1.29 is 22.0 Å². The van der Waals surface area contributed by atoms with E-state index < -0.39 is 17.6 Å². The molecule has 4 rings (SSSR count). The summed E-state index contributed by atoms with van der Waals surface area (Å²) >= 11 is 5.62. The largest absolute Gasteiger partial charge is 0.453 e.